The fraction of sp³-hybridized carbons (Fsp3) is 0.235. The van der Waals surface area contributed by atoms with E-state index in [1.165, 1.54) is 12.1 Å². The molecule has 21 heavy (non-hydrogen) atoms. The van der Waals surface area contributed by atoms with Crippen LogP contribution >= 0.6 is 0 Å². The van der Waals surface area contributed by atoms with Gasteiger partial charge in [0, 0.05) is 5.56 Å². The van der Waals surface area contributed by atoms with E-state index in [0.717, 1.165) is 5.56 Å². The van der Waals surface area contributed by atoms with Crippen LogP contribution in [0.3, 0.4) is 0 Å². The molecule has 0 aliphatic heterocycles. The second-order valence-electron chi connectivity index (χ2n) is 5.95. The van der Waals surface area contributed by atoms with Crippen LogP contribution in [0, 0.1) is 5.82 Å². The van der Waals surface area contributed by atoms with Crippen molar-refractivity contribution < 1.29 is 9.18 Å². The van der Waals surface area contributed by atoms with Gasteiger partial charge in [-0.1, -0.05) is 45.0 Å². The monoisotopic (exact) mass is 286 g/mol. The van der Waals surface area contributed by atoms with Gasteiger partial charge in [0.1, 0.15) is 11.5 Å². The zero-order chi connectivity index (χ0) is 15.6. The number of amides is 1. The number of benzene rings is 2. The standard InChI is InChI=1S/C17H19FN2O/c1-17(2,3)12-8-5-4-7-11(12)16(21)20-15-13(18)9-6-10-14(15)19/h4-10H,19H2,1-3H3,(H,20,21). The molecule has 2 rings (SSSR count). The van der Waals surface area contributed by atoms with Gasteiger partial charge in [-0.05, 0) is 29.2 Å². The molecule has 3 N–H and O–H groups in total. The molecule has 0 aliphatic rings. The number of nitrogens with two attached hydrogens (primary N) is 1. The van der Waals surface area contributed by atoms with E-state index in [0.29, 0.717) is 5.56 Å². The average molecular weight is 286 g/mol. The molecule has 0 aromatic heterocycles. The van der Waals surface area contributed by atoms with Crippen molar-refractivity contribution in [3.63, 3.8) is 0 Å². The highest BCUT2D eigenvalue weighted by Crippen LogP contribution is 2.28. The van der Waals surface area contributed by atoms with Crippen molar-refractivity contribution in [3.05, 3.63) is 59.4 Å². The van der Waals surface area contributed by atoms with Gasteiger partial charge in [0.2, 0.25) is 0 Å². The van der Waals surface area contributed by atoms with E-state index < -0.39 is 5.82 Å². The van der Waals surface area contributed by atoms with Crippen molar-refractivity contribution in [1.29, 1.82) is 0 Å². The predicted molar refractivity (Wildman–Crippen MR) is 83.9 cm³/mol. The smallest absolute Gasteiger partial charge is 0.256 e. The van der Waals surface area contributed by atoms with Crippen LogP contribution in [0.5, 0.6) is 0 Å². The van der Waals surface area contributed by atoms with Crippen LogP contribution in [0.2, 0.25) is 0 Å². The van der Waals surface area contributed by atoms with Gasteiger partial charge in [-0.15, -0.1) is 0 Å². The SMILES string of the molecule is CC(C)(C)c1ccccc1C(=O)Nc1c(N)cccc1F. The summed E-state index contributed by atoms with van der Waals surface area (Å²) in [6, 6.07) is 11.6. The Morgan fingerprint density at radius 2 is 1.76 bits per heavy atom. The molecule has 0 fully saturated rings. The first-order chi connectivity index (χ1) is 9.80. The number of hydrogen-bond donors (Lipinski definition) is 2. The average Bonchev–Trinajstić information content (AvgIpc) is 2.42. The molecule has 4 heteroatoms. The maximum absolute atomic E-state index is 13.8. The number of para-hydroxylation sites is 1. The van der Waals surface area contributed by atoms with Crippen molar-refractivity contribution in [2.45, 2.75) is 26.2 Å². The summed E-state index contributed by atoms with van der Waals surface area (Å²) in [6.07, 6.45) is 0. The summed E-state index contributed by atoms with van der Waals surface area (Å²) in [7, 11) is 0. The molecule has 0 unspecified atom stereocenters. The van der Waals surface area contributed by atoms with E-state index in [1.54, 1.807) is 18.2 Å². The summed E-state index contributed by atoms with van der Waals surface area (Å²) in [6.45, 7) is 6.07. The van der Waals surface area contributed by atoms with Gasteiger partial charge in [0.25, 0.3) is 5.91 Å². The van der Waals surface area contributed by atoms with Gasteiger partial charge >= 0.3 is 0 Å². The van der Waals surface area contributed by atoms with E-state index >= 15 is 0 Å². The minimum absolute atomic E-state index is 0.0196. The van der Waals surface area contributed by atoms with Crippen LogP contribution in [-0.4, -0.2) is 5.91 Å². The first-order valence-electron chi connectivity index (χ1n) is 6.75. The summed E-state index contributed by atoms with van der Waals surface area (Å²) in [4.78, 5) is 12.5. The Labute approximate surface area is 124 Å². The molecule has 110 valence electrons. The van der Waals surface area contributed by atoms with Crippen LogP contribution in [0.4, 0.5) is 15.8 Å². The number of rotatable bonds is 2. The van der Waals surface area contributed by atoms with Gasteiger partial charge in [0.05, 0.1) is 5.69 Å². The Kier molecular flexibility index (Phi) is 3.98. The second kappa shape index (κ2) is 5.56. The Morgan fingerprint density at radius 1 is 1.10 bits per heavy atom. The highest BCUT2D eigenvalue weighted by Gasteiger charge is 2.22. The molecule has 0 saturated heterocycles. The quantitative estimate of drug-likeness (QED) is 0.821. The first kappa shape index (κ1) is 15.0. The summed E-state index contributed by atoms with van der Waals surface area (Å²) in [5.41, 5.74) is 7.18. The number of nitrogens with one attached hydrogen (secondary N) is 1. The Hall–Kier alpha value is -2.36. The lowest BCUT2D eigenvalue weighted by Gasteiger charge is -2.22. The highest BCUT2D eigenvalue weighted by molar-refractivity contribution is 6.07. The van der Waals surface area contributed by atoms with E-state index in [4.69, 9.17) is 5.73 Å². The largest absolute Gasteiger partial charge is 0.397 e. The van der Waals surface area contributed by atoms with Crippen molar-refractivity contribution >= 4 is 17.3 Å². The van der Waals surface area contributed by atoms with Crippen molar-refractivity contribution in [3.8, 4) is 0 Å². The van der Waals surface area contributed by atoms with E-state index in [2.05, 4.69) is 5.32 Å². The Morgan fingerprint density at radius 3 is 2.38 bits per heavy atom. The number of nitrogen functional groups attached to an aromatic ring is 1. The van der Waals surface area contributed by atoms with Crippen LogP contribution in [-0.2, 0) is 5.41 Å². The van der Waals surface area contributed by atoms with Gasteiger partial charge in [0.15, 0.2) is 0 Å². The molecular formula is C17H19FN2O. The van der Waals surface area contributed by atoms with Crippen LogP contribution in [0.25, 0.3) is 0 Å². The minimum Gasteiger partial charge on any atom is -0.397 e. The van der Waals surface area contributed by atoms with Crippen molar-refractivity contribution in [2.24, 2.45) is 0 Å². The third kappa shape index (κ3) is 3.21. The molecule has 0 aliphatic carbocycles. The lowest BCUT2D eigenvalue weighted by Crippen LogP contribution is -2.21. The summed E-state index contributed by atoms with van der Waals surface area (Å²) < 4.78 is 13.8. The van der Waals surface area contributed by atoms with E-state index in [1.807, 2.05) is 32.9 Å². The van der Waals surface area contributed by atoms with Crippen LogP contribution in [0.15, 0.2) is 42.5 Å². The number of halogens is 1. The fourth-order valence-corrected chi connectivity index (χ4v) is 2.19. The van der Waals surface area contributed by atoms with Crippen molar-refractivity contribution in [2.75, 3.05) is 11.1 Å². The van der Waals surface area contributed by atoms with Gasteiger partial charge in [-0.3, -0.25) is 4.79 Å². The normalized spacial score (nSPS) is 11.2. The number of hydrogen-bond acceptors (Lipinski definition) is 2. The Balaban J connectivity index is 2.38. The fourth-order valence-electron chi connectivity index (χ4n) is 2.19. The van der Waals surface area contributed by atoms with Gasteiger partial charge < -0.3 is 11.1 Å². The number of carbonyl (C=O) groups is 1. The van der Waals surface area contributed by atoms with Gasteiger partial charge in [-0.2, -0.15) is 0 Å². The molecule has 0 bridgehead atoms. The molecule has 2 aromatic carbocycles. The number of carbonyl (C=O) groups excluding carboxylic acids is 1. The third-order valence-electron chi connectivity index (χ3n) is 3.26. The maximum Gasteiger partial charge on any atom is 0.256 e. The molecular weight excluding hydrogens is 267 g/mol. The molecule has 3 nitrogen and oxygen atoms in total. The molecule has 0 radical (unpaired) electrons. The maximum atomic E-state index is 13.8. The zero-order valence-electron chi connectivity index (χ0n) is 12.4. The molecule has 0 atom stereocenters. The van der Waals surface area contributed by atoms with Crippen LogP contribution < -0.4 is 11.1 Å². The molecule has 0 heterocycles. The predicted octanol–water partition coefficient (Wildman–Crippen LogP) is 3.96. The zero-order valence-corrected chi connectivity index (χ0v) is 12.4. The highest BCUT2D eigenvalue weighted by atomic mass is 19.1. The lowest BCUT2D eigenvalue weighted by atomic mass is 9.83. The molecule has 0 spiro atoms. The molecule has 1 amide bonds. The Bertz CT molecular complexity index is 654. The molecule has 0 saturated carbocycles. The summed E-state index contributed by atoms with van der Waals surface area (Å²) in [5.74, 6) is -0.908. The van der Waals surface area contributed by atoms with Crippen molar-refractivity contribution in [1.82, 2.24) is 0 Å². The van der Waals surface area contributed by atoms with Gasteiger partial charge in [-0.25, -0.2) is 4.39 Å². The van der Waals surface area contributed by atoms with E-state index in [9.17, 15) is 9.18 Å². The van der Waals surface area contributed by atoms with Crippen LogP contribution in [0.1, 0.15) is 36.7 Å². The summed E-state index contributed by atoms with van der Waals surface area (Å²) in [5, 5.41) is 2.57. The summed E-state index contributed by atoms with van der Waals surface area (Å²) >= 11 is 0. The van der Waals surface area contributed by atoms with E-state index in [-0.39, 0.29) is 22.7 Å². The first-order valence-corrected chi connectivity index (χ1v) is 6.75. The molecule has 2 aromatic rings. The third-order valence-corrected chi connectivity index (χ3v) is 3.26. The number of anilines is 2. The lowest BCUT2D eigenvalue weighted by molar-refractivity contribution is 0.102. The minimum atomic E-state index is -0.545. The second-order valence-corrected chi connectivity index (χ2v) is 5.95. The topological polar surface area (TPSA) is 55.1 Å².